The molecule has 0 radical (unpaired) electrons. The number of anilines is 1. The van der Waals surface area contributed by atoms with Crippen molar-refractivity contribution in [3.63, 3.8) is 0 Å². The summed E-state index contributed by atoms with van der Waals surface area (Å²) in [5.74, 6) is 0.362. The third kappa shape index (κ3) is 4.63. The lowest BCUT2D eigenvalue weighted by molar-refractivity contribution is -0.140. The van der Waals surface area contributed by atoms with E-state index in [1.54, 1.807) is 31.1 Å². The summed E-state index contributed by atoms with van der Waals surface area (Å²) in [6.45, 7) is 2.17. The predicted molar refractivity (Wildman–Crippen MR) is 124 cm³/mol. The average Bonchev–Trinajstić information content (AvgIpc) is 2.79. The predicted octanol–water partition coefficient (Wildman–Crippen LogP) is 3.31. The lowest BCUT2D eigenvalue weighted by Gasteiger charge is -2.38. The van der Waals surface area contributed by atoms with Crippen LogP contribution in [0.2, 0.25) is 0 Å². The van der Waals surface area contributed by atoms with Gasteiger partial charge in [-0.2, -0.15) is 0 Å². The van der Waals surface area contributed by atoms with Gasteiger partial charge in [0.05, 0.1) is 38.1 Å². The molecule has 1 heterocycles. The minimum absolute atomic E-state index is 0.0466. The van der Waals surface area contributed by atoms with Crippen LogP contribution in [0.3, 0.4) is 0 Å². The van der Waals surface area contributed by atoms with Crippen molar-refractivity contribution in [3.8, 4) is 17.2 Å². The normalized spacial score (nSPS) is 15.9. The second-order valence-electron chi connectivity index (χ2n) is 6.95. The first-order chi connectivity index (χ1) is 15.4. The molecule has 2 aromatic carbocycles. The molecular formula is C23H26N2O6S. The first-order valence-electron chi connectivity index (χ1n) is 9.90. The Morgan fingerprint density at radius 1 is 1.09 bits per heavy atom. The number of carbonyl (C=O) groups excluding carboxylic acids is 1. The number of thiocarbonyl (C=S) groups is 1. The molecule has 1 aliphatic rings. The number of nitrogens with one attached hydrogen (secondary N) is 1. The summed E-state index contributed by atoms with van der Waals surface area (Å²) in [5.41, 5.74) is 2.25. The van der Waals surface area contributed by atoms with Gasteiger partial charge in [0.1, 0.15) is 12.4 Å². The Kier molecular flexibility index (Phi) is 7.55. The Balaban J connectivity index is 2.12. The highest BCUT2D eigenvalue weighted by Gasteiger charge is 2.36. The maximum atomic E-state index is 13.1. The van der Waals surface area contributed by atoms with Crippen LogP contribution in [-0.4, -0.2) is 50.7 Å². The zero-order valence-corrected chi connectivity index (χ0v) is 19.2. The van der Waals surface area contributed by atoms with Gasteiger partial charge in [0.2, 0.25) is 0 Å². The lowest BCUT2D eigenvalue weighted by Crippen LogP contribution is -2.48. The summed E-state index contributed by atoms with van der Waals surface area (Å²) in [6.07, 6.45) is 0. The van der Waals surface area contributed by atoms with Crippen LogP contribution in [0.15, 0.2) is 53.7 Å². The summed E-state index contributed by atoms with van der Waals surface area (Å²) in [6, 6.07) is 11.7. The van der Waals surface area contributed by atoms with Gasteiger partial charge in [0, 0.05) is 12.8 Å². The van der Waals surface area contributed by atoms with E-state index in [9.17, 15) is 9.90 Å². The second kappa shape index (κ2) is 10.3. The quantitative estimate of drug-likeness (QED) is 0.351. The van der Waals surface area contributed by atoms with E-state index in [2.05, 4.69) is 5.32 Å². The number of allylic oxidation sites excluding steroid dienone is 1. The zero-order valence-electron chi connectivity index (χ0n) is 18.4. The lowest BCUT2D eigenvalue weighted by atomic mass is 9.94. The monoisotopic (exact) mass is 458 g/mol. The fourth-order valence-corrected chi connectivity index (χ4v) is 3.90. The third-order valence-electron chi connectivity index (χ3n) is 5.09. The highest BCUT2D eigenvalue weighted by Crippen LogP contribution is 2.39. The minimum Gasteiger partial charge on any atom is -0.504 e. The maximum Gasteiger partial charge on any atom is 0.338 e. The van der Waals surface area contributed by atoms with Crippen molar-refractivity contribution >= 4 is 29.0 Å². The van der Waals surface area contributed by atoms with E-state index in [0.29, 0.717) is 39.1 Å². The van der Waals surface area contributed by atoms with Crippen molar-refractivity contribution < 1.29 is 28.8 Å². The van der Waals surface area contributed by atoms with Crippen LogP contribution < -0.4 is 19.7 Å². The Morgan fingerprint density at radius 2 is 1.81 bits per heavy atom. The van der Waals surface area contributed by atoms with E-state index in [-0.39, 0.29) is 19.0 Å². The molecule has 0 aliphatic carbocycles. The minimum atomic E-state index is -0.639. The molecule has 0 spiro atoms. The number of nitrogens with zero attached hydrogens (tertiary/aromatic N) is 1. The summed E-state index contributed by atoms with van der Waals surface area (Å²) in [4.78, 5) is 14.9. The van der Waals surface area contributed by atoms with Crippen molar-refractivity contribution in [1.29, 1.82) is 0 Å². The molecule has 2 N–H and O–H groups in total. The van der Waals surface area contributed by atoms with Crippen molar-refractivity contribution in [3.05, 3.63) is 59.3 Å². The number of methoxy groups -OCH3 is 3. The molecule has 0 aromatic heterocycles. The molecule has 3 rings (SSSR count). The summed E-state index contributed by atoms with van der Waals surface area (Å²) in [5, 5.41) is 13.9. The van der Waals surface area contributed by atoms with Gasteiger partial charge >= 0.3 is 5.97 Å². The average molecular weight is 459 g/mol. The highest BCUT2D eigenvalue weighted by molar-refractivity contribution is 7.80. The van der Waals surface area contributed by atoms with Gasteiger partial charge < -0.3 is 29.4 Å². The molecule has 9 heteroatoms. The number of aromatic hydroxyl groups is 1. The van der Waals surface area contributed by atoms with Gasteiger partial charge in [-0.15, -0.1) is 0 Å². The SMILES string of the molecule is COCCOC(=O)C1=C(C)N(c2ccccc2OC)C(=S)N[C@@H]1c1ccc(OC)c(O)c1. The molecule has 32 heavy (non-hydrogen) atoms. The standard InChI is InChI=1S/C23H26N2O6S/c1-14-20(22(27)31-12-11-28-2)21(15-9-10-19(30-4)17(26)13-15)24-23(32)25(14)16-7-5-6-8-18(16)29-3/h5-10,13,21,26H,11-12H2,1-4H3,(H,24,32)/t21-/m1/s1. The van der Waals surface area contributed by atoms with Crippen molar-refractivity contribution in [2.24, 2.45) is 0 Å². The van der Waals surface area contributed by atoms with E-state index >= 15 is 0 Å². The zero-order chi connectivity index (χ0) is 23.3. The molecule has 0 saturated carbocycles. The first kappa shape index (κ1) is 23.4. The van der Waals surface area contributed by atoms with Crippen LogP contribution in [-0.2, 0) is 14.3 Å². The topological polar surface area (TPSA) is 89.5 Å². The van der Waals surface area contributed by atoms with Crippen LogP contribution in [0.5, 0.6) is 17.2 Å². The molecule has 8 nitrogen and oxygen atoms in total. The number of ether oxygens (including phenoxy) is 4. The molecule has 0 fully saturated rings. The molecule has 0 amide bonds. The fraction of sp³-hybridized carbons (Fsp3) is 0.304. The number of benzene rings is 2. The van der Waals surface area contributed by atoms with E-state index in [4.69, 9.17) is 31.2 Å². The Labute approximate surface area is 192 Å². The number of para-hydroxylation sites is 2. The van der Waals surface area contributed by atoms with E-state index in [1.165, 1.54) is 20.3 Å². The summed E-state index contributed by atoms with van der Waals surface area (Å²) >= 11 is 5.66. The number of phenolic OH excluding ortho intramolecular Hbond substituents is 1. The molecule has 1 atom stereocenters. The molecule has 0 unspecified atom stereocenters. The summed E-state index contributed by atoms with van der Waals surface area (Å²) in [7, 11) is 4.57. The van der Waals surface area contributed by atoms with Gasteiger partial charge in [-0.25, -0.2) is 4.79 Å². The molecule has 0 bridgehead atoms. The van der Waals surface area contributed by atoms with E-state index in [0.717, 1.165) is 0 Å². The second-order valence-corrected chi connectivity index (χ2v) is 7.34. The number of hydrogen-bond donors (Lipinski definition) is 2. The van der Waals surface area contributed by atoms with Crippen LogP contribution in [0, 0.1) is 0 Å². The van der Waals surface area contributed by atoms with Gasteiger partial charge in [0.15, 0.2) is 16.6 Å². The number of phenols is 1. The number of rotatable bonds is 8. The van der Waals surface area contributed by atoms with E-state index in [1.807, 2.05) is 24.3 Å². The van der Waals surface area contributed by atoms with Gasteiger partial charge in [-0.1, -0.05) is 18.2 Å². The van der Waals surface area contributed by atoms with Crippen molar-refractivity contribution in [1.82, 2.24) is 5.32 Å². The smallest absolute Gasteiger partial charge is 0.338 e. The molecule has 170 valence electrons. The van der Waals surface area contributed by atoms with Crippen molar-refractivity contribution in [2.75, 3.05) is 39.4 Å². The molecular weight excluding hydrogens is 432 g/mol. The van der Waals surface area contributed by atoms with Gasteiger partial charge in [-0.3, -0.25) is 4.90 Å². The fourth-order valence-electron chi connectivity index (χ4n) is 3.54. The van der Waals surface area contributed by atoms with Gasteiger partial charge in [-0.05, 0) is 49.0 Å². The maximum absolute atomic E-state index is 13.1. The molecule has 1 aliphatic heterocycles. The molecule has 2 aromatic rings. The Hall–Kier alpha value is -3.30. The van der Waals surface area contributed by atoms with Crippen LogP contribution in [0.1, 0.15) is 18.5 Å². The number of carbonyl (C=O) groups is 1. The van der Waals surface area contributed by atoms with Gasteiger partial charge in [0.25, 0.3) is 0 Å². The number of hydrogen-bond acceptors (Lipinski definition) is 7. The first-order valence-corrected chi connectivity index (χ1v) is 10.3. The van der Waals surface area contributed by atoms with Crippen LogP contribution in [0.4, 0.5) is 5.69 Å². The van der Waals surface area contributed by atoms with Crippen LogP contribution in [0.25, 0.3) is 0 Å². The highest BCUT2D eigenvalue weighted by atomic mass is 32.1. The largest absolute Gasteiger partial charge is 0.504 e. The Bertz CT molecular complexity index is 1040. The number of esters is 1. The molecule has 0 saturated heterocycles. The van der Waals surface area contributed by atoms with Crippen molar-refractivity contribution in [2.45, 2.75) is 13.0 Å². The third-order valence-corrected chi connectivity index (χ3v) is 5.39. The Morgan fingerprint density at radius 3 is 2.47 bits per heavy atom. The van der Waals surface area contributed by atoms with Crippen LogP contribution >= 0.6 is 12.2 Å². The van der Waals surface area contributed by atoms with E-state index < -0.39 is 12.0 Å². The summed E-state index contributed by atoms with van der Waals surface area (Å²) < 4.78 is 21.1.